The van der Waals surface area contributed by atoms with Gasteiger partial charge in [-0.1, -0.05) is 0 Å². The molecule has 1 saturated carbocycles. The van der Waals surface area contributed by atoms with Crippen molar-refractivity contribution in [3.05, 3.63) is 16.5 Å². The molecule has 0 unspecified atom stereocenters. The molecule has 0 bridgehead atoms. The number of ether oxygens (including phenoxy) is 2. The highest BCUT2D eigenvalue weighted by atomic mass is 32.1. The molecular weight excluding hydrogens is 294 g/mol. The molecule has 7 heteroatoms. The lowest BCUT2D eigenvalue weighted by atomic mass is 10.2. The van der Waals surface area contributed by atoms with Gasteiger partial charge in [0.2, 0.25) is 5.91 Å². The lowest BCUT2D eigenvalue weighted by Crippen LogP contribution is -2.17. The Kier molecular flexibility index (Phi) is 4.95. The number of esters is 2. The molecule has 1 fully saturated rings. The summed E-state index contributed by atoms with van der Waals surface area (Å²) in [5.74, 6) is -1.34. The van der Waals surface area contributed by atoms with Gasteiger partial charge in [0, 0.05) is 11.3 Å². The molecule has 0 saturated heterocycles. The van der Waals surface area contributed by atoms with E-state index in [1.54, 1.807) is 13.8 Å². The van der Waals surface area contributed by atoms with Crippen molar-refractivity contribution in [1.29, 1.82) is 0 Å². The molecule has 6 nitrogen and oxygen atoms in total. The first-order valence-electron chi connectivity index (χ1n) is 6.85. The van der Waals surface area contributed by atoms with Crippen LogP contribution in [0.4, 0.5) is 5.00 Å². The van der Waals surface area contributed by atoms with Crippen molar-refractivity contribution in [3.63, 3.8) is 0 Å². The zero-order valence-electron chi connectivity index (χ0n) is 11.9. The van der Waals surface area contributed by atoms with Crippen LogP contribution in [0, 0.1) is 5.92 Å². The van der Waals surface area contributed by atoms with Gasteiger partial charge < -0.3 is 14.8 Å². The minimum absolute atomic E-state index is 0.00758. The molecule has 0 atom stereocenters. The van der Waals surface area contributed by atoms with Gasteiger partial charge in [0.1, 0.15) is 10.6 Å². The Balaban J connectivity index is 2.28. The SMILES string of the molecule is CCOC(=O)c1csc(NC(=O)C2CC2)c1C(=O)OCC. The van der Waals surface area contributed by atoms with Crippen molar-refractivity contribution >= 4 is 34.2 Å². The van der Waals surface area contributed by atoms with Gasteiger partial charge in [-0.25, -0.2) is 9.59 Å². The number of thiophene rings is 1. The van der Waals surface area contributed by atoms with E-state index in [9.17, 15) is 14.4 Å². The van der Waals surface area contributed by atoms with E-state index < -0.39 is 11.9 Å². The topological polar surface area (TPSA) is 81.7 Å². The Morgan fingerprint density at radius 2 is 1.81 bits per heavy atom. The second-order valence-corrected chi connectivity index (χ2v) is 5.44. The van der Waals surface area contributed by atoms with E-state index in [2.05, 4.69) is 5.32 Å². The van der Waals surface area contributed by atoms with Crippen LogP contribution in [0.15, 0.2) is 5.38 Å². The number of amides is 1. The number of rotatable bonds is 6. The van der Waals surface area contributed by atoms with E-state index >= 15 is 0 Å². The third-order valence-electron chi connectivity index (χ3n) is 2.95. The normalized spacial score (nSPS) is 13.6. The van der Waals surface area contributed by atoms with E-state index in [4.69, 9.17) is 9.47 Å². The maximum atomic E-state index is 12.0. The predicted octanol–water partition coefficient (Wildman–Crippen LogP) is 2.45. The molecule has 0 spiro atoms. The summed E-state index contributed by atoms with van der Waals surface area (Å²) < 4.78 is 9.88. The Hall–Kier alpha value is -1.89. The molecule has 1 aromatic heterocycles. The average molecular weight is 311 g/mol. The van der Waals surface area contributed by atoms with Crippen molar-refractivity contribution in [1.82, 2.24) is 0 Å². The summed E-state index contributed by atoms with van der Waals surface area (Å²) in [4.78, 5) is 35.8. The van der Waals surface area contributed by atoms with Gasteiger partial charge >= 0.3 is 11.9 Å². The summed E-state index contributed by atoms with van der Waals surface area (Å²) in [7, 11) is 0. The molecule has 1 N–H and O–H groups in total. The Morgan fingerprint density at radius 3 is 2.38 bits per heavy atom. The molecule has 114 valence electrons. The fraction of sp³-hybridized carbons (Fsp3) is 0.500. The van der Waals surface area contributed by atoms with Gasteiger partial charge in [-0.15, -0.1) is 11.3 Å². The number of hydrogen-bond donors (Lipinski definition) is 1. The van der Waals surface area contributed by atoms with Crippen LogP contribution >= 0.6 is 11.3 Å². The minimum atomic E-state index is -0.632. The molecule has 1 aliphatic rings. The molecule has 2 rings (SSSR count). The first-order chi connectivity index (χ1) is 10.1. The summed E-state index contributed by atoms with van der Waals surface area (Å²) in [5, 5.41) is 4.55. The molecule has 1 aromatic rings. The summed E-state index contributed by atoms with van der Waals surface area (Å²) in [6, 6.07) is 0. The largest absolute Gasteiger partial charge is 0.462 e. The van der Waals surface area contributed by atoms with Crippen molar-refractivity contribution < 1.29 is 23.9 Å². The number of hydrogen-bond acceptors (Lipinski definition) is 6. The standard InChI is InChI=1S/C14H17NO5S/c1-3-19-13(17)9-7-21-12(10(9)14(18)20-4-2)15-11(16)8-5-6-8/h7-8H,3-6H2,1-2H3,(H,15,16). The second-order valence-electron chi connectivity index (χ2n) is 4.56. The first kappa shape index (κ1) is 15.5. The highest BCUT2D eigenvalue weighted by Crippen LogP contribution is 2.34. The molecule has 1 heterocycles. The molecule has 0 aromatic carbocycles. The molecule has 0 aliphatic heterocycles. The van der Waals surface area contributed by atoms with Crippen LogP contribution in [0.2, 0.25) is 0 Å². The maximum Gasteiger partial charge on any atom is 0.342 e. The number of carbonyl (C=O) groups is 3. The average Bonchev–Trinajstić information content (AvgIpc) is 3.21. The van der Waals surface area contributed by atoms with E-state index in [-0.39, 0.29) is 36.2 Å². The van der Waals surface area contributed by atoms with E-state index in [1.807, 2.05) is 0 Å². The smallest absolute Gasteiger partial charge is 0.342 e. The van der Waals surface area contributed by atoms with Crippen LogP contribution in [0.5, 0.6) is 0 Å². The van der Waals surface area contributed by atoms with Gasteiger partial charge in [-0.05, 0) is 26.7 Å². The van der Waals surface area contributed by atoms with Crippen molar-refractivity contribution in [3.8, 4) is 0 Å². The number of anilines is 1. The van der Waals surface area contributed by atoms with Crippen LogP contribution < -0.4 is 5.32 Å². The Labute approximate surface area is 126 Å². The minimum Gasteiger partial charge on any atom is -0.462 e. The summed E-state index contributed by atoms with van der Waals surface area (Å²) in [6.07, 6.45) is 1.72. The first-order valence-corrected chi connectivity index (χ1v) is 7.73. The molecule has 1 amide bonds. The quantitative estimate of drug-likeness (QED) is 0.816. The van der Waals surface area contributed by atoms with E-state index in [0.717, 1.165) is 24.2 Å². The summed E-state index contributed by atoms with van der Waals surface area (Å²) in [6.45, 7) is 3.76. The third-order valence-corrected chi connectivity index (χ3v) is 3.85. The van der Waals surface area contributed by atoms with E-state index in [0.29, 0.717) is 5.00 Å². The second kappa shape index (κ2) is 6.71. The van der Waals surface area contributed by atoms with Gasteiger partial charge in [0.15, 0.2) is 0 Å². The summed E-state index contributed by atoms with van der Waals surface area (Å²) >= 11 is 1.12. The number of nitrogens with one attached hydrogen (secondary N) is 1. The third kappa shape index (κ3) is 3.60. The predicted molar refractivity (Wildman–Crippen MR) is 77.6 cm³/mol. The Morgan fingerprint density at radius 1 is 1.19 bits per heavy atom. The fourth-order valence-electron chi connectivity index (χ4n) is 1.77. The number of carbonyl (C=O) groups excluding carboxylic acids is 3. The fourth-order valence-corrected chi connectivity index (χ4v) is 2.69. The lowest BCUT2D eigenvalue weighted by Gasteiger charge is -2.07. The van der Waals surface area contributed by atoms with Crippen molar-refractivity contribution in [2.24, 2.45) is 5.92 Å². The van der Waals surface area contributed by atoms with Crippen LogP contribution in [0.25, 0.3) is 0 Å². The van der Waals surface area contributed by atoms with E-state index in [1.165, 1.54) is 5.38 Å². The molecule has 21 heavy (non-hydrogen) atoms. The molecule has 1 aliphatic carbocycles. The van der Waals surface area contributed by atoms with Crippen LogP contribution in [0.1, 0.15) is 47.4 Å². The summed E-state index contributed by atoms with van der Waals surface area (Å²) in [5.41, 5.74) is 0.209. The highest BCUT2D eigenvalue weighted by Gasteiger charge is 2.32. The maximum absolute atomic E-state index is 12.0. The monoisotopic (exact) mass is 311 g/mol. The van der Waals surface area contributed by atoms with Gasteiger partial charge in [-0.2, -0.15) is 0 Å². The van der Waals surface area contributed by atoms with Gasteiger partial charge in [0.25, 0.3) is 0 Å². The zero-order valence-corrected chi connectivity index (χ0v) is 12.7. The van der Waals surface area contributed by atoms with Crippen LogP contribution in [-0.4, -0.2) is 31.1 Å². The zero-order chi connectivity index (χ0) is 15.4. The van der Waals surface area contributed by atoms with Crippen LogP contribution in [0.3, 0.4) is 0 Å². The van der Waals surface area contributed by atoms with Crippen LogP contribution in [-0.2, 0) is 14.3 Å². The molecule has 0 radical (unpaired) electrons. The van der Waals surface area contributed by atoms with Crippen molar-refractivity contribution in [2.75, 3.05) is 18.5 Å². The molecular formula is C14H17NO5S. The van der Waals surface area contributed by atoms with Gasteiger partial charge in [-0.3, -0.25) is 4.79 Å². The Bertz CT molecular complexity index is 562. The highest BCUT2D eigenvalue weighted by molar-refractivity contribution is 7.15. The van der Waals surface area contributed by atoms with Crippen molar-refractivity contribution in [2.45, 2.75) is 26.7 Å². The van der Waals surface area contributed by atoms with Gasteiger partial charge in [0.05, 0.1) is 18.8 Å². The lowest BCUT2D eigenvalue weighted by molar-refractivity contribution is -0.117.